The van der Waals surface area contributed by atoms with Crippen LogP contribution < -0.4 is 9.64 Å². The molecule has 9 nitrogen and oxygen atoms in total. The highest BCUT2D eigenvalue weighted by Crippen LogP contribution is 2.38. The summed E-state index contributed by atoms with van der Waals surface area (Å²) in [7, 11) is 0. The monoisotopic (exact) mass is 568 g/mol. The molecule has 4 heterocycles. The lowest BCUT2D eigenvalue weighted by molar-refractivity contribution is -0.274. The fourth-order valence-corrected chi connectivity index (χ4v) is 5.00. The number of amides is 1. The average molecular weight is 569 g/mol. The van der Waals surface area contributed by atoms with Gasteiger partial charge in [-0.05, 0) is 46.2 Å². The minimum atomic E-state index is -4.84. The number of hydrogen-bond acceptors (Lipinski definition) is 7. The van der Waals surface area contributed by atoms with Gasteiger partial charge < -0.3 is 19.3 Å². The van der Waals surface area contributed by atoms with Gasteiger partial charge in [-0.25, -0.2) is 19.7 Å². The van der Waals surface area contributed by atoms with Crippen molar-refractivity contribution >= 4 is 22.9 Å². The SMILES string of the molecule is C[C@@H]1CN(c2ncnc3c2c(-c2ccccc2)cn3-c2cc(OC(F)(F)F)ccn2)[C@@H](C)CN1C(=O)OC(C)(C)C. The molecule has 1 aliphatic heterocycles. The highest BCUT2D eigenvalue weighted by Gasteiger charge is 2.36. The summed E-state index contributed by atoms with van der Waals surface area (Å²) in [6.07, 6.45) is -0.727. The standard InChI is InChI=1S/C29H31F3N6O3/c1-18-15-37(27(39)41-28(3,4)5)19(2)14-36(18)25-24-22(20-9-7-6-8-10-20)16-38(26(24)35-17-34-25)23-13-21(11-12-33-23)40-29(30,31)32/h6-13,16-19H,14-15H2,1-5H3/t18-,19+/m0/s1. The molecule has 0 unspecified atom stereocenters. The van der Waals surface area contributed by atoms with E-state index in [-0.39, 0.29) is 29.7 Å². The number of alkyl halides is 3. The summed E-state index contributed by atoms with van der Waals surface area (Å²) >= 11 is 0. The van der Waals surface area contributed by atoms with Gasteiger partial charge in [0.25, 0.3) is 0 Å². The zero-order valence-corrected chi connectivity index (χ0v) is 23.4. The Labute approximate surface area is 235 Å². The van der Waals surface area contributed by atoms with Crippen LogP contribution in [-0.2, 0) is 4.74 Å². The van der Waals surface area contributed by atoms with E-state index in [4.69, 9.17) is 4.74 Å². The summed E-state index contributed by atoms with van der Waals surface area (Å²) < 4.78 is 50.2. The normalized spacial score (nSPS) is 18.0. The first-order valence-electron chi connectivity index (χ1n) is 13.2. The lowest BCUT2D eigenvalue weighted by Crippen LogP contribution is -2.59. The smallest absolute Gasteiger partial charge is 0.444 e. The second-order valence-corrected chi connectivity index (χ2v) is 11.1. The molecule has 12 heteroatoms. The summed E-state index contributed by atoms with van der Waals surface area (Å²) in [6.45, 7) is 10.4. The Bertz CT molecular complexity index is 1550. The maximum atomic E-state index is 12.9. The Balaban J connectivity index is 1.60. The second-order valence-electron chi connectivity index (χ2n) is 11.1. The van der Waals surface area contributed by atoms with Crippen LogP contribution in [0.15, 0.2) is 61.2 Å². The molecular weight excluding hydrogens is 537 g/mol. The van der Waals surface area contributed by atoms with Crippen LogP contribution in [0.2, 0.25) is 0 Å². The van der Waals surface area contributed by atoms with Gasteiger partial charge in [0, 0.05) is 49.2 Å². The van der Waals surface area contributed by atoms with Crippen molar-refractivity contribution in [1.29, 1.82) is 0 Å². The number of pyridine rings is 1. The van der Waals surface area contributed by atoms with Gasteiger partial charge in [-0.1, -0.05) is 30.3 Å². The van der Waals surface area contributed by atoms with E-state index in [0.717, 1.165) is 17.2 Å². The molecule has 1 saturated heterocycles. The molecule has 0 N–H and O–H groups in total. The van der Waals surface area contributed by atoms with Gasteiger partial charge in [0.15, 0.2) is 5.65 Å². The van der Waals surface area contributed by atoms with Crippen LogP contribution in [0.4, 0.5) is 23.8 Å². The van der Waals surface area contributed by atoms with Crippen molar-refractivity contribution in [1.82, 2.24) is 24.4 Å². The minimum absolute atomic E-state index is 0.120. The fourth-order valence-electron chi connectivity index (χ4n) is 5.00. The first-order chi connectivity index (χ1) is 19.3. The Morgan fingerprint density at radius 3 is 2.39 bits per heavy atom. The van der Waals surface area contributed by atoms with E-state index >= 15 is 0 Å². The number of rotatable bonds is 4. The Morgan fingerprint density at radius 2 is 1.71 bits per heavy atom. The molecule has 216 valence electrons. The van der Waals surface area contributed by atoms with E-state index in [1.165, 1.54) is 18.6 Å². The number of nitrogens with zero attached hydrogens (tertiary/aromatic N) is 6. The maximum Gasteiger partial charge on any atom is 0.573 e. The average Bonchev–Trinajstić information content (AvgIpc) is 3.28. The molecule has 1 fully saturated rings. The molecule has 3 aromatic heterocycles. The topological polar surface area (TPSA) is 85.6 Å². The molecule has 1 aromatic carbocycles. The minimum Gasteiger partial charge on any atom is -0.444 e. The van der Waals surface area contributed by atoms with Crippen LogP contribution in [0.1, 0.15) is 34.6 Å². The number of carbonyl (C=O) groups is 1. The van der Waals surface area contributed by atoms with Gasteiger partial charge in [-0.15, -0.1) is 13.2 Å². The van der Waals surface area contributed by atoms with Crippen LogP contribution in [0.25, 0.3) is 28.0 Å². The maximum absolute atomic E-state index is 12.9. The first-order valence-corrected chi connectivity index (χ1v) is 13.2. The van der Waals surface area contributed by atoms with Gasteiger partial charge >= 0.3 is 12.5 Å². The van der Waals surface area contributed by atoms with Gasteiger partial charge in [0.05, 0.1) is 5.39 Å². The Hall–Kier alpha value is -4.35. The lowest BCUT2D eigenvalue weighted by Gasteiger charge is -2.44. The molecule has 1 amide bonds. The van der Waals surface area contributed by atoms with E-state index in [9.17, 15) is 18.0 Å². The molecule has 2 atom stereocenters. The third-order valence-electron chi connectivity index (χ3n) is 6.73. The third kappa shape index (κ3) is 6.06. The molecule has 4 aromatic rings. The zero-order chi connectivity index (χ0) is 29.5. The van der Waals surface area contributed by atoms with E-state index in [1.54, 1.807) is 15.7 Å². The number of halogens is 3. The van der Waals surface area contributed by atoms with Crippen LogP contribution in [-0.4, -0.2) is 67.6 Å². The zero-order valence-electron chi connectivity index (χ0n) is 23.4. The predicted octanol–water partition coefficient (Wildman–Crippen LogP) is 6.22. The molecule has 5 rings (SSSR count). The summed E-state index contributed by atoms with van der Waals surface area (Å²) in [6, 6.07) is 11.7. The molecule has 0 radical (unpaired) electrons. The molecule has 0 saturated carbocycles. The van der Waals surface area contributed by atoms with Crippen LogP contribution >= 0.6 is 0 Å². The number of carbonyl (C=O) groups excluding carboxylic acids is 1. The van der Waals surface area contributed by atoms with Crippen molar-refractivity contribution < 1.29 is 27.4 Å². The van der Waals surface area contributed by atoms with Gasteiger partial charge in [-0.3, -0.25) is 4.57 Å². The predicted molar refractivity (Wildman–Crippen MR) is 148 cm³/mol. The van der Waals surface area contributed by atoms with Crippen molar-refractivity contribution in [2.45, 2.75) is 58.7 Å². The quantitative estimate of drug-likeness (QED) is 0.289. The first kappa shape index (κ1) is 28.2. The molecule has 41 heavy (non-hydrogen) atoms. The number of fused-ring (bicyclic) bond motifs is 1. The lowest BCUT2D eigenvalue weighted by atomic mass is 10.0. The molecule has 0 bridgehead atoms. The van der Waals surface area contributed by atoms with Gasteiger partial charge in [-0.2, -0.15) is 0 Å². The van der Waals surface area contributed by atoms with Crippen LogP contribution in [0.3, 0.4) is 0 Å². The Kier molecular flexibility index (Phi) is 7.26. The van der Waals surface area contributed by atoms with Crippen molar-refractivity contribution in [3.05, 3.63) is 61.2 Å². The van der Waals surface area contributed by atoms with Crippen LogP contribution in [0, 0.1) is 0 Å². The second kappa shape index (κ2) is 10.6. The van der Waals surface area contributed by atoms with Crippen molar-refractivity contribution in [2.24, 2.45) is 0 Å². The Morgan fingerprint density at radius 1 is 0.976 bits per heavy atom. The number of aromatic nitrogens is 4. The van der Waals surface area contributed by atoms with E-state index in [1.807, 2.05) is 65.0 Å². The van der Waals surface area contributed by atoms with E-state index in [0.29, 0.717) is 29.9 Å². The van der Waals surface area contributed by atoms with Crippen molar-refractivity contribution in [3.8, 4) is 22.7 Å². The van der Waals surface area contributed by atoms with E-state index < -0.39 is 12.0 Å². The van der Waals surface area contributed by atoms with E-state index in [2.05, 4.69) is 24.6 Å². The largest absolute Gasteiger partial charge is 0.573 e. The number of piperazine rings is 1. The van der Waals surface area contributed by atoms with Crippen LogP contribution in [0.5, 0.6) is 5.75 Å². The summed E-state index contributed by atoms with van der Waals surface area (Å²) in [5, 5.41) is 0.715. The number of hydrogen-bond donors (Lipinski definition) is 0. The number of benzene rings is 1. The summed E-state index contributed by atoms with van der Waals surface area (Å²) in [5.41, 5.74) is 1.53. The summed E-state index contributed by atoms with van der Waals surface area (Å²) in [4.78, 5) is 30.3. The molecule has 0 spiro atoms. The van der Waals surface area contributed by atoms with Crippen molar-refractivity contribution in [3.63, 3.8) is 0 Å². The molecular formula is C29H31F3N6O3. The fraction of sp³-hybridized carbons (Fsp3) is 0.379. The third-order valence-corrected chi connectivity index (χ3v) is 6.73. The van der Waals surface area contributed by atoms with Gasteiger partial charge in [0.1, 0.15) is 29.3 Å². The molecule has 1 aliphatic rings. The highest BCUT2D eigenvalue weighted by atomic mass is 19.4. The highest BCUT2D eigenvalue weighted by molar-refractivity contribution is 6.02. The van der Waals surface area contributed by atoms with Gasteiger partial charge in [0.2, 0.25) is 0 Å². The number of ether oxygens (including phenoxy) is 2. The van der Waals surface area contributed by atoms with Crippen molar-refractivity contribution in [2.75, 3.05) is 18.0 Å². The summed E-state index contributed by atoms with van der Waals surface area (Å²) in [5.74, 6) is 0.471. The molecule has 0 aliphatic carbocycles. The number of anilines is 1.